The summed E-state index contributed by atoms with van der Waals surface area (Å²) >= 11 is 1.48. The molecule has 0 radical (unpaired) electrons. The van der Waals surface area contributed by atoms with Crippen LogP contribution >= 0.6 is 11.3 Å². The van der Waals surface area contributed by atoms with E-state index in [1.54, 1.807) is 12.3 Å². The molecule has 3 atom stereocenters. The lowest BCUT2D eigenvalue weighted by Crippen LogP contribution is -2.43. The first-order valence-corrected chi connectivity index (χ1v) is 9.02. The van der Waals surface area contributed by atoms with Crippen molar-refractivity contribution in [2.45, 2.75) is 12.5 Å². The molecule has 1 amide bonds. The fourth-order valence-corrected chi connectivity index (χ4v) is 4.35. The van der Waals surface area contributed by atoms with Crippen molar-refractivity contribution in [1.29, 1.82) is 0 Å². The van der Waals surface area contributed by atoms with Crippen molar-refractivity contribution in [3.05, 3.63) is 28.9 Å². The van der Waals surface area contributed by atoms with Crippen LogP contribution in [0.4, 0.5) is 0 Å². The number of pyridine rings is 1. The molecule has 128 valence electrons. The molecule has 0 saturated carbocycles. The van der Waals surface area contributed by atoms with Gasteiger partial charge in [0.05, 0.1) is 11.8 Å². The maximum Gasteiger partial charge on any atom is 0.384 e. The number of esters is 1. The van der Waals surface area contributed by atoms with Crippen LogP contribution in [0.1, 0.15) is 22.5 Å². The molecular weight excluding hydrogens is 338 g/mol. The Bertz CT molecular complexity index is 911. The summed E-state index contributed by atoms with van der Waals surface area (Å²) in [5, 5.41) is 5.80. The predicted molar refractivity (Wildman–Crippen MR) is 94.3 cm³/mol. The van der Waals surface area contributed by atoms with Gasteiger partial charge < -0.3 is 15.0 Å². The van der Waals surface area contributed by atoms with Crippen LogP contribution in [0.2, 0.25) is 0 Å². The van der Waals surface area contributed by atoms with Crippen LogP contribution in [0.3, 0.4) is 0 Å². The summed E-state index contributed by atoms with van der Waals surface area (Å²) in [6, 6.07) is 1.95. The van der Waals surface area contributed by atoms with E-state index in [1.807, 2.05) is 5.38 Å². The van der Waals surface area contributed by atoms with E-state index in [-0.39, 0.29) is 11.9 Å². The van der Waals surface area contributed by atoms with Gasteiger partial charge in [0, 0.05) is 47.6 Å². The normalized spacial score (nSPS) is 24.0. The number of carbonyl (C=O) groups excluding carboxylic acids is 2. The lowest BCUT2D eigenvalue weighted by atomic mass is 10.00. The largest absolute Gasteiger partial charge is 0.459 e. The lowest BCUT2D eigenvalue weighted by molar-refractivity contribution is -0.133. The number of hydrogen-bond acceptors (Lipinski definition) is 6. The van der Waals surface area contributed by atoms with Crippen LogP contribution in [-0.4, -0.2) is 54.5 Å². The summed E-state index contributed by atoms with van der Waals surface area (Å²) in [5.41, 5.74) is 1.08. The molecule has 4 heterocycles. The van der Waals surface area contributed by atoms with Crippen molar-refractivity contribution in [1.82, 2.24) is 15.2 Å². The summed E-state index contributed by atoms with van der Waals surface area (Å²) in [6.07, 6.45) is 2.83. The highest BCUT2D eigenvalue weighted by Gasteiger charge is 2.38. The molecule has 2 saturated heterocycles. The molecule has 2 aromatic rings. The molecule has 7 heteroatoms. The maximum absolute atomic E-state index is 12.6. The topological polar surface area (TPSA) is 71.5 Å². The second-order valence-electron chi connectivity index (χ2n) is 6.34. The Labute approximate surface area is 149 Å². The molecule has 2 aliphatic heterocycles. The smallest absolute Gasteiger partial charge is 0.384 e. The third-order valence-corrected chi connectivity index (χ3v) is 5.76. The molecule has 1 N–H and O–H groups in total. The number of ether oxygens (including phenoxy) is 1. The number of hydrogen-bond donors (Lipinski definition) is 1. The van der Waals surface area contributed by atoms with Crippen LogP contribution in [-0.2, 0) is 9.53 Å². The lowest BCUT2D eigenvalue weighted by Gasteiger charge is -2.22. The zero-order valence-corrected chi connectivity index (χ0v) is 14.6. The molecule has 2 aromatic heterocycles. The van der Waals surface area contributed by atoms with Gasteiger partial charge in [-0.3, -0.25) is 4.79 Å². The Balaban J connectivity index is 1.56. The van der Waals surface area contributed by atoms with Crippen molar-refractivity contribution in [2.75, 3.05) is 26.7 Å². The highest BCUT2D eigenvalue weighted by Crippen LogP contribution is 2.28. The Morgan fingerprint density at radius 1 is 1.44 bits per heavy atom. The van der Waals surface area contributed by atoms with Crippen molar-refractivity contribution in [3.8, 4) is 11.8 Å². The summed E-state index contributed by atoms with van der Waals surface area (Å²) in [4.78, 5) is 30.4. The number of nitrogens with one attached hydrogen (secondary N) is 1. The fourth-order valence-electron chi connectivity index (χ4n) is 3.51. The number of carbonyl (C=O) groups is 2. The van der Waals surface area contributed by atoms with E-state index in [2.05, 4.69) is 31.8 Å². The molecule has 0 spiro atoms. The number of amides is 1. The Kier molecular flexibility index (Phi) is 4.15. The van der Waals surface area contributed by atoms with E-state index in [0.29, 0.717) is 17.2 Å². The third kappa shape index (κ3) is 3.11. The number of aromatic nitrogens is 1. The molecule has 2 aliphatic rings. The third-order valence-electron chi connectivity index (χ3n) is 4.83. The van der Waals surface area contributed by atoms with Gasteiger partial charge in [0.1, 0.15) is 5.69 Å². The van der Waals surface area contributed by atoms with Gasteiger partial charge in [-0.05, 0) is 24.9 Å². The SMILES string of the molecule is COC(=O)C#Cc1csc2cnc(C(=O)NC3CN4CC[C@H]3C4)cc12. The van der Waals surface area contributed by atoms with Crippen LogP contribution in [0.25, 0.3) is 10.1 Å². The molecular formula is C18H17N3O3S. The molecule has 0 aromatic carbocycles. The van der Waals surface area contributed by atoms with E-state index in [4.69, 9.17) is 0 Å². The van der Waals surface area contributed by atoms with Crippen LogP contribution < -0.4 is 5.32 Å². The first-order valence-electron chi connectivity index (χ1n) is 8.14. The Morgan fingerprint density at radius 2 is 2.32 bits per heavy atom. The zero-order valence-electron chi connectivity index (χ0n) is 13.7. The molecule has 2 unspecified atom stereocenters. The van der Waals surface area contributed by atoms with Gasteiger partial charge in [-0.2, -0.15) is 0 Å². The van der Waals surface area contributed by atoms with Gasteiger partial charge >= 0.3 is 5.97 Å². The Morgan fingerprint density at radius 3 is 3.04 bits per heavy atom. The first kappa shape index (κ1) is 16.1. The first-order chi connectivity index (χ1) is 12.1. The van der Waals surface area contributed by atoms with E-state index >= 15 is 0 Å². The quantitative estimate of drug-likeness (QED) is 0.649. The van der Waals surface area contributed by atoms with Crippen molar-refractivity contribution in [3.63, 3.8) is 0 Å². The van der Waals surface area contributed by atoms with Crippen LogP contribution in [0.5, 0.6) is 0 Å². The second kappa shape index (κ2) is 6.47. The number of thiophene rings is 1. The van der Waals surface area contributed by atoms with Gasteiger partial charge in [0.2, 0.25) is 0 Å². The molecule has 2 bridgehead atoms. The number of nitrogens with zero attached hydrogens (tertiary/aromatic N) is 2. The molecule has 0 aliphatic carbocycles. The van der Waals surface area contributed by atoms with E-state index in [0.717, 1.165) is 36.1 Å². The fraction of sp³-hybridized carbons (Fsp3) is 0.389. The number of fused-ring (bicyclic) bond motifs is 3. The molecule has 2 fully saturated rings. The number of rotatable bonds is 2. The highest BCUT2D eigenvalue weighted by molar-refractivity contribution is 7.17. The predicted octanol–water partition coefficient (Wildman–Crippen LogP) is 1.25. The van der Waals surface area contributed by atoms with Gasteiger partial charge in [-0.1, -0.05) is 5.92 Å². The minimum Gasteiger partial charge on any atom is -0.459 e. The number of methoxy groups -OCH3 is 1. The van der Waals surface area contributed by atoms with Crippen molar-refractivity contribution >= 4 is 33.3 Å². The molecule has 6 nitrogen and oxygen atoms in total. The average molecular weight is 355 g/mol. The van der Waals surface area contributed by atoms with Gasteiger partial charge in [0.15, 0.2) is 0 Å². The van der Waals surface area contributed by atoms with Crippen molar-refractivity contribution < 1.29 is 14.3 Å². The van der Waals surface area contributed by atoms with Crippen LogP contribution in [0, 0.1) is 17.8 Å². The molecule has 25 heavy (non-hydrogen) atoms. The van der Waals surface area contributed by atoms with Crippen molar-refractivity contribution in [2.24, 2.45) is 5.92 Å². The van der Waals surface area contributed by atoms with E-state index in [1.165, 1.54) is 18.4 Å². The maximum atomic E-state index is 12.6. The minimum absolute atomic E-state index is 0.154. The van der Waals surface area contributed by atoms with Crippen LogP contribution in [0.15, 0.2) is 17.6 Å². The summed E-state index contributed by atoms with van der Waals surface area (Å²) in [7, 11) is 1.29. The van der Waals surface area contributed by atoms with Gasteiger partial charge in [-0.15, -0.1) is 11.3 Å². The Hall–Kier alpha value is -2.43. The van der Waals surface area contributed by atoms with Gasteiger partial charge in [0.25, 0.3) is 5.91 Å². The standard InChI is InChI=1S/C18H17N3O3S/c1-24-17(22)3-2-12-10-25-16-7-19-14(6-13(12)16)18(23)20-15-9-21-5-4-11(15)8-21/h6-7,10-11,15H,4-5,8-9H2,1H3,(H,20,23)/t11-,15?/m0/s1. The van der Waals surface area contributed by atoms with E-state index < -0.39 is 5.97 Å². The second-order valence-corrected chi connectivity index (χ2v) is 7.26. The molecule has 4 rings (SSSR count). The summed E-state index contributed by atoms with van der Waals surface area (Å²) < 4.78 is 5.46. The summed E-state index contributed by atoms with van der Waals surface area (Å²) in [5.74, 6) is 5.03. The summed E-state index contributed by atoms with van der Waals surface area (Å²) in [6.45, 7) is 3.14. The number of piperidine rings is 1. The highest BCUT2D eigenvalue weighted by atomic mass is 32.1. The minimum atomic E-state index is -0.586. The van der Waals surface area contributed by atoms with Gasteiger partial charge in [-0.25, -0.2) is 9.78 Å². The van der Waals surface area contributed by atoms with E-state index in [9.17, 15) is 9.59 Å². The average Bonchev–Trinajstić information content (AvgIpc) is 3.34. The monoisotopic (exact) mass is 355 g/mol. The zero-order chi connectivity index (χ0) is 17.4.